The maximum Gasteiger partial charge on any atom is 0.325 e. The summed E-state index contributed by atoms with van der Waals surface area (Å²) in [4.78, 5) is 50.2. The molecule has 11 heteroatoms. The third-order valence-corrected chi connectivity index (χ3v) is 7.42. The Kier molecular flexibility index (Phi) is 9.86. The average Bonchev–Trinajstić information content (AvgIpc) is 3.55. The Morgan fingerprint density at radius 3 is 2.36 bits per heavy atom. The molecule has 3 heterocycles. The largest absolute Gasteiger partial charge is 0.459 e. The molecular weight excluding hydrogens is 560 g/mol. The molecule has 2 amide bonds. The first-order chi connectivity index (χ1) is 21.1. The lowest BCUT2D eigenvalue weighted by molar-refractivity contribution is -0.153. The second kappa shape index (κ2) is 14.0. The molecule has 0 bridgehead atoms. The van der Waals surface area contributed by atoms with Gasteiger partial charge in [-0.15, -0.1) is 0 Å². The molecule has 3 aromatic rings. The first kappa shape index (κ1) is 31.1. The minimum atomic E-state index is -0.605. The molecule has 5 rings (SSSR count). The summed E-state index contributed by atoms with van der Waals surface area (Å²) in [5.74, 6) is -0.230. The molecule has 2 aromatic carbocycles. The first-order valence-electron chi connectivity index (χ1n) is 15.0. The number of benzene rings is 2. The molecule has 2 aliphatic heterocycles. The summed E-state index contributed by atoms with van der Waals surface area (Å²) >= 11 is 0. The van der Waals surface area contributed by atoms with Crippen molar-refractivity contribution in [3.8, 4) is 11.1 Å². The SMILES string of the molecule is CC(C)(C)OC(=O)CNC(=O)c1ccc(-c2cnc(Nc3cccc(CN4CCN(C(=O)C5CCCO5)CC4)c3)nc2)cc1. The van der Waals surface area contributed by atoms with Gasteiger partial charge in [0, 0.05) is 68.5 Å². The smallest absolute Gasteiger partial charge is 0.325 e. The first-order valence-corrected chi connectivity index (χ1v) is 15.0. The van der Waals surface area contributed by atoms with Crippen molar-refractivity contribution < 1.29 is 23.9 Å². The van der Waals surface area contributed by atoms with Crippen LogP contribution in [0.5, 0.6) is 0 Å². The van der Waals surface area contributed by atoms with E-state index >= 15 is 0 Å². The van der Waals surface area contributed by atoms with Crippen LogP contribution in [-0.2, 0) is 25.6 Å². The Morgan fingerprint density at radius 2 is 1.70 bits per heavy atom. The van der Waals surface area contributed by atoms with Crippen molar-refractivity contribution in [2.24, 2.45) is 0 Å². The predicted octanol–water partition coefficient (Wildman–Crippen LogP) is 3.78. The van der Waals surface area contributed by atoms with E-state index in [0.29, 0.717) is 18.1 Å². The summed E-state index contributed by atoms with van der Waals surface area (Å²) in [6.07, 6.45) is 5.00. The van der Waals surface area contributed by atoms with Gasteiger partial charge in [0.15, 0.2) is 0 Å². The van der Waals surface area contributed by atoms with Gasteiger partial charge in [0.05, 0.1) is 0 Å². The summed E-state index contributed by atoms with van der Waals surface area (Å²) in [6, 6.07) is 15.2. The Bertz CT molecular complexity index is 1440. The van der Waals surface area contributed by atoms with Gasteiger partial charge < -0.3 is 25.0 Å². The van der Waals surface area contributed by atoms with Crippen LogP contribution in [-0.4, -0.2) is 88.6 Å². The number of aromatic nitrogens is 2. The third-order valence-electron chi connectivity index (χ3n) is 7.42. The fraction of sp³-hybridized carbons (Fsp3) is 0.424. The zero-order chi connectivity index (χ0) is 31.1. The van der Waals surface area contributed by atoms with Gasteiger partial charge in [0.2, 0.25) is 5.95 Å². The Labute approximate surface area is 258 Å². The van der Waals surface area contributed by atoms with Crippen LogP contribution in [0.1, 0.15) is 49.5 Å². The van der Waals surface area contributed by atoms with Crippen molar-refractivity contribution in [3.05, 3.63) is 72.1 Å². The number of anilines is 2. The fourth-order valence-electron chi connectivity index (χ4n) is 5.22. The van der Waals surface area contributed by atoms with E-state index in [-0.39, 0.29) is 24.5 Å². The lowest BCUT2D eigenvalue weighted by Gasteiger charge is -2.35. The van der Waals surface area contributed by atoms with Crippen LogP contribution in [0.3, 0.4) is 0 Å². The minimum absolute atomic E-state index is 0.135. The number of nitrogens with one attached hydrogen (secondary N) is 2. The van der Waals surface area contributed by atoms with E-state index in [2.05, 4.69) is 37.6 Å². The van der Waals surface area contributed by atoms with Crippen LogP contribution in [0.15, 0.2) is 60.9 Å². The average molecular weight is 601 g/mol. The summed E-state index contributed by atoms with van der Waals surface area (Å²) in [7, 11) is 0. The zero-order valence-corrected chi connectivity index (χ0v) is 25.5. The van der Waals surface area contributed by atoms with E-state index in [1.165, 1.54) is 5.56 Å². The molecule has 11 nitrogen and oxygen atoms in total. The monoisotopic (exact) mass is 600 g/mol. The van der Waals surface area contributed by atoms with Crippen LogP contribution < -0.4 is 10.6 Å². The number of carbonyl (C=O) groups is 3. The van der Waals surface area contributed by atoms with Gasteiger partial charge in [0.25, 0.3) is 11.8 Å². The molecule has 0 aliphatic carbocycles. The third kappa shape index (κ3) is 8.61. The second-order valence-electron chi connectivity index (χ2n) is 12.1. The van der Waals surface area contributed by atoms with Crippen molar-refractivity contribution in [1.29, 1.82) is 0 Å². The maximum absolute atomic E-state index is 12.6. The van der Waals surface area contributed by atoms with E-state index in [4.69, 9.17) is 9.47 Å². The number of ether oxygens (including phenoxy) is 2. The number of rotatable bonds is 9. The van der Waals surface area contributed by atoms with Crippen LogP contribution >= 0.6 is 0 Å². The molecule has 0 radical (unpaired) electrons. The topological polar surface area (TPSA) is 126 Å². The minimum Gasteiger partial charge on any atom is -0.459 e. The molecule has 0 spiro atoms. The molecule has 1 atom stereocenters. The molecule has 2 fully saturated rings. The van der Waals surface area contributed by atoms with Crippen LogP contribution in [0.25, 0.3) is 11.1 Å². The van der Waals surface area contributed by atoms with Crippen molar-refractivity contribution in [2.45, 2.75) is 51.9 Å². The fourth-order valence-corrected chi connectivity index (χ4v) is 5.22. The normalized spacial score (nSPS) is 17.2. The highest BCUT2D eigenvalue weighted by atomic mass is 16.6. The van der Waals surface area contributed by atoms with E-state index in [9.17, 15) is 14.4 Å². The standard InChI is InChI=1S/C33H40N6O5/c1-33(2,3)44-29(40)21-34-30(41)25-11-9-24(10-12-25)26-19-35-32(36-20-26)37-27-7-4-6-23(18-27)22-38-13-15-39(16-14-38)31(42)28-8-5-17-43-28/h4,6-7,9-12,18-20,28H,5,8,13-17,21-22H2,1-3H3,(H,34,41)(H,35,36,37). The summed E-state index contributed by atoms with van der Waals surface area (Å²) < 4.78 is 10.8. The van der Waals surface area contributed by atoms with Crippen molar-refractivity contribution in [3.63, 3.8) is 0 Å². The second-order valence-corrected chi connectivity index (χ2v) is 12.1. The number of amides is 2. The molecule has 1 unspecified atom stereocenters. The number of hydrogen-bond acceptors (Lipinski definition) is 9. The molecule has 2 N–H and O–H groups in total. The number of esters is 1. The van der Waals surface area contributed by atoms with E-state index in [0.717, 1.165) is 62.4 Å². The maximum atomic E-state index is 12.6. The Hall–Kier alpha value is -4.35. The lowest BCUT2D eigenvalue weighted by Crippen LogP contribution is -2.51. The van der Waals surface area contributed by atoms with Crippen molar-refractivity contribution in [1.82, 2.24) is 25.1 Å². The molecule has 0 saturated carbocycles. The molecule has 232 valence electrons. The molecular formula is C33H40N6O5. The van der Waals surface area contributed by atoms with E-state index < -0.39 is 11.6 Å². The van der Waals surface area contributed by atoms with Gasteiger partial charge in [-0.05, 0) is 69.0 Å². The lowest BCUT2D eigenvalue weighted by atomic mass is 10.1. The van der Waals surface area contributed by atoms with Gasteiger partial charge in [-0.25, -0.2) is 9.97 Å². The van der Waals surface area contributed by atoms with E-state index in [1.54, 1.807) is 45.3 Å². The summed E-state index contributed by atoms with van der Waals surface area (Å²) in [6.45, 7) is 9.73. The Morgan fingerprint density at radius 1 is 0.977 bits per heavy atom. The van der Waals surface area contributed by atoms with Gasteiger partial charge in [-0.3, -0.25) is 19.3 Å². The zero-order valence-electron chi connectivity index (χ0n) is 25.5. The van der Waals surface area contributed by atoms with E-state index in [1.807, 2.05) is 29.2 Å². The molecule has 2 aliphatic rings. The molecule has 1 aromatic heterocycles. The Balaban J connectivity index is 1.10. The van der Waals surface area contributed by atoms with Crippen LogP contribution in [0.4, 0.5) is 11.6 Å². The van der Waals surface area contributed by atoms with Gasteiger partial charge >= 0.3 is 5.97 Å². The summed E-state index contributed by atoms with van der Waals surface area (Å²) in [5, 5.41) is 5.86. The number of hydrogen-bond donors (Lipinski definition) is 2. The predicted molar refractivity (Wildman–Crippen MR) is 166 cm³/mol. The summed E-state index contributed by atoms with van der Waals surface area (Å²) in [5.41, 5.74) is 3.56. The highest BCUT2D eigenvalue weighted by Crippen LogP contribution is 2.22. The van der Waals surface area contributed by atoms with Crippen molar-refractivity contribution >= 4 is 29.4 Å². The quantitative estimate of drug-likeness (QED) is 0.353. The van der Waals surface area contributed by atoms with Crippen LogP contribution in [0, 0.1) is 0 Å². The number of carbonyl (C=O) groups excluding carboxylic acids is 3. The van der Waals surface area contributed by atoms with Gasteiger partial charge in [-0.1, -0.05) is 24.3 Å². The molecule has 2 saturated heterocycles. The highest BCUT2D eigenvalue weighted by Gasteiger charge is 2.30. The van der Waals surface area contributed by atoms with Crippen LogP contribution in [0.2, 0.25) is 0 Å². The number of nitrogens with zero attached hydrogens (tertiary/aromatic N) is 4. The van der Waals surface area contributed by atoms with Gasteiger partial charge in [-0.2, -0.15) is 0 Å². The van der Waals surface area contributed by atoms with Gasteiger partial charge in [0.1, 0.15) is 18.2 Å². The number of piperazine rings is 1. The van der Waals surface area contributed by atoms with Crippen molar-refractivity contribution in [2.75, 3.05) is 44.6 Å². The highest BCUT2D eigenvalue weighted by molar-refractivity contribution is 5.96. The molecule has 44 heavy (non-hydrogen) atoms.